The monoisotopic (exact) mass is 535 g/mol. The Morgan fingerprint density at radius 3 is 2.26 bits per heavy atom. The van der Waals surface area contributed by atoms with Gasteiger partial charge in [-0.2, -0.15) is 4.31 Å². The van der Waals surface area contributed by atoms with Gasteiger partial charge in [-0.25, -0.2) is 8.42 Å². The molecule has 0 saturated carbocycles. The van der Waals surface area contributed by atoms with Crippen LogP contribution in [0, 0.1) is 0 Å². The van der Waals surface area contributed by atoms with Gasteiger partial charge in [-0.15, -0.1) is 0 Å². The SMILES string of the molecule is COc1ccc(S(=O)(=O)N2CCc3ccccc3C2)cc1N1CCN(C(=O)C(C)Oc2ccccc2)CC1. The van der Waals surface area contributed by atoms with Crippen LogP contribution in [0.5, 0.6) is 11.5 Å². The fourth-order valence-corrected chi connectivity index (χ4v) is 6.52. The molecule has 0 aromatic heterocycles. The summed E-state index contributed by atoms with van der Waals surface area (Å²) in [5, 5.41) is 0. The molecule has 2 aliphatic rings. The van der Waals surface area contributed by atoms with E-state index >= 15 is 0 Å². The van der Waals surface area contributed by atoms with Crippen LogP contribution < -0.4 is 14.4 Å². The lowest BCUT2D eigenvalue weighted by Crippen LogP contribution is -2.52. The van der Waals surface area contributed by atoms with Crippen molar-refractivity contribution in [2.45, 2.75) is 30.9 Å². The van der Waals surface area contributed by atoms with Crippen LogP contribution in [0.2, 0.25) is 0 Å². The van der Waals surface area contributed by atoms with Gasteiger partial charge >= 0.3 is 0 Å². The number of sulfonamides is 1. The molecular weight excluding hydrogens is 502 g/mol. The van der Waals surface area contributed by atoms with Gasteiger partial charge in [0.2, 0.25) is 10.0 Å². The second-order valence-electron chi connectivity index (χ2n) is 9.58. The number of carbonyl (C=O) groups is 1. The fourth-order valence-electron chi connectivity index (χ4n) is 5.08. The van der Waals surface area contributed by atoms with Crippen molar-refractivity contribution in [3.05, 3.63) is 83.9 Å². The normalized spacial score (nSPS) is 17.0. The van der Waals surface area contributed by atoms with Crippen LogP contribution in [0.25, 0.3) is 0 Å². The summed E-state index contributed by atoms with van der Waals surface area (Å²) in [6.07, 6.45) is 0.0995. The van der Waals surface area contributed by atoms with Crippen LogP contribution in [0.3, 0.4) is 0 Å². The summed E-state index contributed by atoms with van der Waals surface area (Å²) in [5.41, 5.74) is 2.96. The molecule has 38 heavy (non-hydrogen) atoms. The van der Waals surface area contributed by atoms with E-state index in [9.17, 15) is 13.2 Å². The molecule has 1 atom stereocenters. The summed E-state index contributed by atoms with van der Waals surface area (Å²) in [7, 11) is -2.11. The van der Waals surface area contributed by atoms with E-state index in [1.807, 2.05) is 48.5 Å². The smallest absolute Gasteiger partial charge is 0.263 e. The molecule has 0 radical (unpaired) electrons. The summed E-state index contributed by atoms with van der Waals surface area (Å²) in [5.74, 6) is 1.20. The highest BCUT2D eigenvalue weighted by Gasteiger charge is 2.31. The summed E-state index contributed by atoms with van der Waals surface area (Å²) in [6, 6.07) is 22.3. The van der Waals surface area contributed by atoms with E-state index in [2.05, 4.69) is 11.0 Å². The molecule has 3 aromatic carbocycles. The number of fused-ring (bicyclic) bond motifs is 1. The zero-order chi connectivity index (χ0) is 26.7. The number of para-hydroxylation sites is 1. The highest BCUT2D eigenvalue weighted by Crippen LogP contribution is 2.34. The number of carbonyl (C=O) groups excluding carboxylic acids is 1. The maximum atomic E-state index is 13.6. The van der Waals surface area contributed by atoms with Crippen LogP contribution in [-0.4, -0.2) is 69.5 Å². The minimum Gasteiger partial charge on any atom is -0.495 e. The fraction of sp³-hybridized carbons (Fsp3) is 0.345. The molecule has 3 aromatic rings. The maximum absolute atomic E-state index is 13.6. The predicted octanol–water partition coefficient (Wildman–Crippen LogP) is 3.56. The molecule has 8 nitrogen and oxygen atoms in total. The van der Waals surface area contributed by atoms with E-state index in [1.165, 1.54) is 5.56 Å². The molecule has 1 saturated heterocycles. The standard InChI is InChI=1S/C29H33N3O5S/c1-22(37-25-10-4-3-5-11-25)29(33)31-18-16-30(17-19-31)27-20-26(12-13-28(27)36-2)38(34,35)32-15-14-23-8-6-7-9-24(23)21-32/h3-13,20,22H,14-19,21H2,1-2H3. The lowest BCUT2D eigenvalue weighted by Gasteiger charge is -2.37. The van der Waals surface area contributed by atoms with Gasteiger partial charge in [-0.05, 0) is 54.8 Å². The number of nitrogens with zero attached hydrogens (tertiary/aromatic N) is 3. The van der Waals surface area contributed by atoms with Crippen molar-refractivity contribution < 1.29 is 22.7 Å². The number of ether oxygens (including phenoxy) is 2. The zero-order valence-corrected chi connectivity index (χ0v) is 22.6. The Balaban J connectivity index is 1.28. The second-order valence-corrected chi connectivity index (χ2v) is 11.5. The zero-order valence-electron chi connectivity index (χ0n) is 21.7. The van der Waals surface area contributed by atoms with Gasteiger partial charge in [0.1, 0.15) is 11.5 Å². The van der Waals surface area contributed by atoms with E-state index in [1.54, 1.807) is 41.4 Å². The van der Waals surface area contributed by atoms with Gasteiger partial charge in [0.05, 0.1) is 17.7 Å². The Kier molecular flexibility index (Phi) is 7.58. The number of methoxy groups -OCH3 is 1. The summed E-state index contributed by atoms with van der Waals surface area (Å²) < 4.78 is 40.1. The minimum atomic E-state index is -3.69. The maximum Gasteiger partial charge on any atom is 0.263 e. The molecule has 0 bridgehead atoms. The lowest BCUT2D eigenvalue weighted by molar-refractivity contribution is -0.138. The Bertz CT molecular complexity index is 1390. The van der Waals surface area contributed by atoms with Crippen LogP contribution in [-0.2, 0) is 27.8 Å². The topological polar surface area (TPSA) is 79.4 Å². The Morgan fingerprint density at radius 2 is 1.55 bits per heavy atom. The van der Waals surface area contributed by atoms with E-state index in [-0.39, 0.29) is 10.8 Å². The van der Waals surface area contributed by atoms with Gasteiger partial charge in [-0.1, -0.05) is 42.5 Å². The van der Waals surface area contributed by atoms with Crippen LogP contribution in [0.4, 0.5) is 5.69 Å². The highest BCUT2D eigenvalue weighted by molar-refractivity contribution is 7.89. The van der Waals surface area contributed by atoms with Crippen molar-refractivity contribution >= 4 is 21.6 Å². The van der Waals surface area contributed by atoms with Crippen molar-refractivity contribution in [1.82, 2.24) is 9.21 Å². The van der Waals surface area contributed by atoms with Gasteiger partial charge in [0.25, 0.3) is 5.91 Å². The highest BCUT2D eigenvalue weighted by atomic mass is 32.2. The lowest BCUT2D eigenvalue weighted by atomic mass is 10.0. The van der Waals surface area contributed by atoms with Gasteiger partial charge in [-0.3, -0.25) is 4.79 Å². The number of anilines is 1. The molecule has 9 heteroatoms. The largest absolute Gasteiger partial charge is 0.495 e. The summed E-state index contributed by atoms with van der Waals surface area (Å²) >= 11 is 0. The number of amides is 1. The van der Waals surface area contributed by atoms with Gasteiger partial charge in [0.15, 0.2) is 6.10 Å². The van der Waals surface area contributed by atoms with Crippen LogP contribution in [0.1, 0.15) is 18.1 Å². The quantitative estimate of drug-likeness (QED) is 0.461. The number of rotatable bonds is 7. The first-order valence-corrected chi connectivity index (χ1v) is 14.3. The average molecular weight is 536 g/mol. The Labute approximate surface area is 224 Å². The number of hydrogen-bond acceptors (Lipinski definition) is 6. The van der Waals surface area contributed by atoms with Crippen molar-refractivity contribution in [1.29, 1.82) is 0 Å². The molecular formula is C29H33N3O5S. The average Bonchev–Trinajstić information content (AvgIpc) is 2.96. The van der Waals surface area contributed by atoms with Crippen molar-refractivity contribution in [3.8, 4) is 11.5 Å². The third-order valence-corrected chi connectivity index (χ3v) is 9.06. The third-order valence-electron chi connectivity index (χ3n) is 7.22. The van der Waals surface area contributed by atoms with E-state index < -0.39 is 16.1 Å². The molecule has 0 spiro atoms. The molecule has 200 valence electrons. The van der Waals surface area contributed by atoms with Crippen molar-refractivity contribution in [2.75, 3.05) is 44.7 Å². The molecule has 5 rings (SSSR count). The van der Waals surface area contributed by atoms with Crippen LogP contribution >= 0.6 is 0 Å². The summed E-state index contributed by atoms with van der Waals surface area (Å²) in [4.78, 5) is 17.1. The Morgan fingerprint density at radius 1 is 0.868 bits per heavy atom. The van der Waals surface area contributed by atoms with Crippen LogP contribution in [0.15, 0.2) is 77.7 Å². The predicted molar refractivity (Wildman–Crippen MR) is 146 cm³/mol. The molecule has 2 aliphatic heterocycles. The van der Waals surface area contributed by atoms with Crippen molar-refractivity contribution in [3.63, 3.8) is 0 Å². The second kappa shape index (κ2) is 11.0. The number of hydrogen-bond donors (Lipinski definition) is 0. The third kappa shape index (κ3) is 5.35. The molecule has 1 amide bonds. The molecule has 0 aliphatic carbocycles. The van der Waals surface area contributed by atoms with Crippen molar-refractivity contribution in [2.24, 2.45) is 0 Å². The molecule has 0 N–H and O–H groups in total. The number of piperazine rings is 1. The van der Waals surface area contributed by atoms with Gasteiger partial charge in [0, 0.05) is 39.3 Å². The molecule has 1 unspecified atom stereocenters. The first kappa shape index (κ1) is 26.1. The molecule has 1 fully saturated rings. The Hall–Kier alpha value is -3.56. The summed E-state index contributed by atoms with van der Waals surface area (Å²) in [6.45, 7) is 4.70. The van der Waals surface area contributed by atoms with E-state index in [4.69, 9.17) is 9.47 Å². The van der Waals surface area contributed by atoms with E-state index in [0.717, 1.165) is 5.56 Å². The minimum absolute atomic E-state index is 0.0674. The molecule has 2 heterocycles. The first-order valence-electron chi connectivity index (χ1n) is 12.9. The first-order chi connectivity index (χ1) is 18.4. The van der Waals surface area contributed by atoms with Gasteiger partial charge < -0.3 is 19.3 Å². The number of benzene rings is 3. The van der Waals surface area contributed by atoms with E-state index in [0.29, 0.717) is 62.9 Å².